The van der Waals surface area contributed by atoms with Crippen LogP contribution in [-0.4, -0.2) is 19.7 Å². The van der Waals surface area contributed by atoms with Crippen molar-refractivity contribution >= 4 is 0 Å². The molecule has 1 aromatic rings. The van der Waals surface area contributed by atoms with Crippen molar-refractivity contribution in [3.05, 3.63) is 29.8 Å². The molecular weight excluding hydrogens is 186 g/mol. The standard InChI is InChI=1S/C13H17NO/c1-15-12-4-2-3-10(7-12)13-6-5-11(8-13)14-9-13/h2-4,7,11,14H,5-6,8-9H2,1H3. The van der Waals surface area contributed by atoms with Gasteiger partial charge in [-0.2, -0.15) is 0 Å². The minimum absolute atomic E-state index is 0.402. The van der Waals surface area contributed by atoms with Gasteiger partial charge in [-0.25, -0.2) is 0 Å². The molecule has 2 nitrogen and oxygen atoms in total. The minimum atomic E-state index is 0.402. The van der Waals surface area contributed by atoms with E-state index in [2.05, 4.69) is 23.5 Å². The van der Waals surface area contributed by atoms with E-state index in [0.717, 1.165) is 18.3 Å². The summed E-state index contributed by atoms with van der Waals surface area (Å²) in [5.41, 5.74) is 1.86. The Bertz CT molecular complexity index is 367. The molecule has 0 aromatic heterocycles. The number of hydrogen-bond donors (Lipinski definition) is 1. The van der Waals surface area contributed by atoms with E-state index < -0.39 is 0 Å². The molecule has 0 radical (unpaired) electrons. The molecule has 1 aliphatic heterocycles. The maximum atomic E-state index is 5.30. The molecule has 80 valence electrons. The van der Waals surface area contributed by atoms with Crippen molar-refractivity contribution in [1.82, 2.24) is 5.32 Å². The van der Waals surface area contributed by atoms with Gasteiger partial charge in [0, 0.05) is 18.0 Å². The first-order valence-electron chi connectivity index (χ1n) is 5.70. The fourth-order valence-corrected chi connectivity index (χ4v) is 3.12. The van der Waals surface area contributed by atoms with Gasteiger partial charge in [0.15, 0.2) is 0 Å². The lowest BCUT2D eigenvalue weighted by Gasteiger charge is -2.27. The topological polar surface area (TPSA) is 21.3 Å². The van der Waals surface area contributed by atoms with Gasteiger partial charge in [-0.05, 0) is 37.0 Å². The van der Waals surface area contributed by atoms with Crippen LogP contribution >= 0.6 is 0 Å². The lowest BCUT2D eigenvalue weighted by atomic mass is 9.80. The Morgan fingerprint density at radius 3 is 3.00 bits per heavy atom. The van der Waals surface area contributed by atoms with Crippen LogP contribution in [0.25, 0.3) is 0 Å². The molecule has 2 unspecified atom stereocenters. The van der Waals surface area contributed by atoms with E-state index in [9.17, 15) is 0 Å². The molecule has 2 fully saturated rings. The van der Waals surface area contributed by atoms with Crippen LogP contribution < -0.4 is 10.1 Å². The van der Waals surface area contributed by atoms with E-state index in [1.165, 1.54) is 24.8 Å². The summed E-state index contributed by atoms with van der Waals surface area (Å²) in [7, 11) is 1.74. The Kier molecular flexibility index (Phi) is 1.99. The van der Waals surface area contributed by atoms with Crippen LogP contribution in [0.1, 0.15) is 24.8 Å². The first-order chi connectivity index (χ1) is 7.32. The molecule has 1 saturated carbocycles. The van der Waals surface area contributed by atoms with Crippen molar-refractivity contribution < 1.29 is 4.74 Å². The van der Waals surface area contributed by atoms with Gasteiger partial charge in [0.05, 0.1) is 7.11 Å². The van der Waals surface area contributed by atoms with Gasteiger partial charge in [-0.3, -0.25) is 0 Å². The fraction of sp³-hybridized carbons (Fsp3) is 0.538. The Morgan fingerprint density at radius 2 is 2.40 bits per heavy atom. The summed E-state index contributed by atoms with van der Waals surface area (Å²) in [5, 5.41) is 3.59. The SMILES string of the molecule is COc1cccc(C23CCC(C2)NC3)c1. The molecular formula is C13H17NO. The Labute approximate surface area is 90.6 Å². The van der Waals surface area contributed by atoms with Crippen LogP contribution in [0.5, 0.6) is 5.75 Å². The summed E-state index contributed by atoms with van der Waals surface area (Å²) in [6, 6.07) is 9.34. The molecule has 1 N–H and O–H groups in total. The van der Waals surface area contributed by atoms with E-state index in [0.29, 0.717) is 5.41 Å². The number of fused-ring (bicyclic) bond motifs is 2. The molecule has 0 amide bonds. The van der Waals surface area contributed by atoms with Gasteiger partial charge < -0.3 is 10.1 Å². The highest BCUT2D eigenvalue weighted by Crippen LogP contribution is 2.45. The summed E-state index contributed by atoms with van der Waals surface area (Å²) in [6.45, 7) is 1.14. The highest BCUT2D eigenvalue weighted by molar-refractivity contribution is 5.36. The van der Waals surface area contributed by atoms with Gasteiger partial charge in [0.25, 0.3) is 0 Å². The molecule has 1 saturated heterocycles. The van der Waals surface area contributed by atoms with Crippen LogP contribution in [0.3, 0.4) is 0 Å². The zero-order valence-electron chi connectivity index (χ0n) is 9.12. The summed E-state index contributed by atoms with van der Waals surface area (Å²) < 4.78 is 5.30. The third-order valence-electron chi connectivity index (χ3n) is 4.02. The zero-order valence-corrected chi connectivity index (χ0v) is 9.12. The lowest BCUT2D eigenvalue weighted by molar-refractivity contribution is 0.407. The van der Waals surface area contributed by atoms with Crippen molar-refractivity contribution in [2.24, 2.45) is 0 Å². The number of nitrogens with one attached hydrogen (secondary N) is 1. The number of benzene rings is 1. The second-order valence-corrected chi connectivity index (χ2v) is 4.83. The van der Waals surface area contributed by atoms with E-state index in [4.69, 9.17) is 4.74 Å². The van der Waals surface area contributed by atoms with Crippen LogP contribution in [0.15, 0.2) is 24.3 Å². The third kappa shape index (κ3) is 1.36. The fourth-order valence-electron chi connectivity index (χ4n) is 3.12. The Hall–Kier alpha value is -1.02. The summed E-state index contributed by atoms with van der Waals surface area (Å²) in [5.74, 6) is 0.984. The molecule has 1 heterocycles. The second kappa shape index (κ2) is 3.24. The van der Waals surface area contributed by atoms with Gasteiger partial charge in [0.1, 0.15) is 5.75 Å². The van der Waals surface area contributed by atoms with Gasteiger partial charge in [-0.15, -0.1) is 0 Å². The maximum Gasteiger partial charge on any atom is 0.119 e. The van der Waals surface area contributed by atoms with E-state index in [-0.39, 0.29) is 0 Å². The molecule has 15 heavy (non-hydrogen) atoms. The molecule has 1 aromatic carbocycles. The van der Waals surface area contributed by atoms with E-state index >= 15 is 0 Å². The third-order valence-corrected chi connectivity index (χ3v) is 4.02. The quantitative estimate of drug-likeness (QED) is 0.794. The van der Waals surface area contributed by atoms with Crippen LogP contribution in [0, 0.1) is 0 Å². The smallest absolute Gasteiger partial charge is 0.119 e. The normalized spacial score (nSPS) is 33.3. The molecule has 3 rings (SSSR count). The van der Waals surface area contributed by atoms with Gasteiger partial charge in [-0.1, -0.05) is 12.1 Å². The van der Waals surface area contributed by atoms with Crippen molar-refractivity contribution in [2.75, 3.05) is 13.7 Å². The maximum absolute atomic E-state index is 5.30. The Morgan fingerprint density at radius 1 is 1.47 bits per heavy atom. The molecule has 2 atom stereocenters. The van der Waals surface area contributed by atoms with E-state index in [1.54, 1.807) is 7.11 Å². The molecule has 2 bridgehead atoms. The average Bonchev–Trinajstić information content (AvgIpc) is 2.90. The summed E-state index contributed by atoms with van der Waals surface area (Å²) >= 11 is 0. The second-order valence-electron chi connectivity index (χ2n) is 4.83. The number of hydrogen-bond acceptors (Lipinski definition) is 2. The van der Waals surface area contributed by atoms with Crippen molar-refractivity contribution in [2.45, 2.75) is 30.7 Å². The van der Waals surface area contributed by atoms with Crippen molar-refractivity contribution in [3.63, 3.8) is 0 Å². The van der Waals surface area contributed by atoms with Crippen molar-refractivity contribution in [1.29, 1.82) is 0 Å². The molecule has 2 heteroatoms. The van der Waals surface area contributed by atoms with Crippen molar-refractivity contribution in [3.8, 4) is 5.75 Å². The minimum Gasteiger partial charge on any atom is -0.497 e. The zero-order chi connectivity index (χ0) is 10.3. The largest absolute Gasteiger partial charge is 0.497 e. The molecule has 0 spiro atoms. The van der Waals surface area contributed by atoms with Crippen LogP contribution in [0.4, 0.5) is 0 Å². The predicted octanol–water partition coefficient (Wildman–Crippen LogP) is 2.09. The van der Waals surface area contributed by atoms with E-state index in [1.807, 2.05) is 6.07 Å². The summed E-state index contributed by atoms with van der Waals surface area (Å²) in [4.78, 5) is 0. The number of rotatable bonds is 2. The summed E-state index contributed by atoms with van der Waals surface area (Å²) in [6.07, 6.45) is 3.97. The molecule has 1 aliphatic carbocycles. The number of piperidine rings is 1. The van der Waals surface area contributed by atoms with Crippen LogP contribution in [0.2, 0.25) is 0 Å². The molecule has 2 aliphatic rings. The first-order valence-corrected chi connectivity index (χ1v) is 5.70. The number of ether oxygens (including phenoxy) is 1. The predicted molar refractivity (Wildman–Crippen MR) is 60.3 cm³/mol. The van der Waals surface area contributed by atoms with Gasteiger partial charge in [0.2, 0.25) is 0 Å². The first kappa shape index (κ1) is 9.22. The average molecular weight is 203 g/mol. The van der Waals surface area contributed by atoms with Crippen LogP contribution in [-0.2, 0) is 5.41 Å². The monoisotopic (exact) mass is 203 g/mol. The highest BCUT2D eigenvalue weighted by atomic mass is 16.5. The highest BCUT2D eigenvalue weighted by Gasteiger charge is 2.45. The van der Waals surface area contributed by atoms with Gasteiger partial charge >= 0.3 is 0 Å². The Balaban J connectivity index is 1.98. The lowest BCUT2D eigenvalue weighted by Crippen LogP contribution is -2.32. The number of methoxy groups -OCH3 is 1.